The average molecular weight is 367 g/mol. The molecule has 1 amide bonds. The van der Waals surface area contributed by atoms with Crippen molar-refractivity contribution in [1.82, 2.24) is 19.7 Å². The van der Waals surface area contributed by atoms with Gasteiger partial charge >= 0.3 is 0 Å². The molecule has 0 fully saturated rings. The smallest absolute Gasteiger partial charge is 0.248 e. The van der Waals surface area contributed by atoms with Gasteiger partial charge in [-0.05, 0) is 36.8 Å². The molecular weight excluding hydrogens is 352 g/mol. The summed E-state index contributed by atoms with van der Waals surface area (Å²) in [4.78, 5) is 20.7. The number of hydrogen-bond donors (Lipinski definition) is 2. The number of carbonyl (C=O) groups excluding carboxylic acids is 1. The van der Waals surface area contributed by atoms with Gasteiger partial charge in [0.15, 0.2) is 5.82 Å². The SMILES string of the molecule is CC1=C(C(N)=O)[C@H](c2ccc(Cl)cc2)n2nc(-c3ccncc3)nc2N1. The Hall–Kier alpha value is -3.19. The molecule has 0 spiro atoms. The largest absolute Gasteiger partial charge is 0.366 e. The summed E-state index contributed by atoms with van der Waals surface area (Å²) >= 11 is 6.01. The molecule has 7 nitrogen and oxygen atoms in total. The average Bonchev–Trinajstić information content (AvgIpc) is 3.05. The monoisotopic (exact) mass is 366 g/mol. The summed E-state index contributed by atoms with van der Waals surface area (Å²) in [6.45, 7) is 1.80. The summed E-state index contributed by atoms with van der Waals surface area (Å²) in [6.07, 6.45) is 3.36. The number of fused-ring (bicyclic) bond motifs is 1. The van der Waals surface area contributed by atoms with Crippen LogP contribution in [-0.2, 0) is 4.79 Å². The molecule has 1 aromatic carbocycles. The number of primary amides is 1. The highest BCUT2D eigenvalue weighted by molar-refractivity contribution is 6.30. The minimum Gasteiger partial charge on any atom is -0.366 e. The molecule has 1 aliphatic rings. The van der Waals surface area contributed by atoms with Crippen LogP contribution >= 0.6 is 11.6 Å². The second kappa shape index (κ2) is 6.27. The summed E-state index contributed by atoms with van der Waals surface area (Å²) in [5.41, 5.74) is 8.42. The first-order valence-corrected chi connectivity index (χ1v) is 8.32. The van der Waals surface area contributed by atoms with Crippen molar-refractivity contribution in [3.63, 3.8) is 0 Å². The van der Waals surface area contributed by atoms with E-state index in [0.717, 1.165) is 11.1 Å². The number of allylic oxidation sites excluding steroid dienone is 1. The quantitative estimate of drug-likeness (QED) is 0.742. The zero-order chi connectivity index (χ0) is 18.3. The Morgan fingerprint density at radius 1 is 1.19 bits per heavy atom. The fourth-order valence-corrected chi connectivity index (χ4v) is 3.17. The molecule has 0 radical (unpaired) electrons. The second-order valence-corrected chi connectivity index (χ2v) is 6.36. The van der Waals surface area contributed by atoms with E-state index in [4.69, 9.17) is 17.3 Å². The second-order valence-electron chi connectivity index (χ2n) is 5.92. The van der Waals surface area contributed by atoms with Crippen molar-refractivity contribution in [2.75, 3.05) is 5.32 Å². The van der Waals surface area contributed by atoms with E-state index in [2.05, 4.69) is 20.4 Å². The lowest BCUT2D eigenvalue weighted by Gasteiger charge is -2.27. The van der Waals surface area contributed by atoms with Gasteiger partial charge in [-0.3, -0.25) is 9.78 Å². The van der Waals surface area contributed by atoms with Crippen LogP contribution in [-0.4, -0.2) is 25.7 Å². The molecule has 26 heavy (non-hydrogen) atoms. The zero-order valence-corrected chi connectivity index (χ0v) is 14.6. The number of benzene rings is 1. The summed E-state index contributed by atoms with van der Waals surface area (Å²) < 4.78 is 1.67. The standard InChI is InChI=1S/C18H15ClN6O/c1-10-14(16(20)26)15(11-2-4-13(19)5-3-11)25-18(22-10)23-17(24-25)12-6-8-21-9-7-12/h2-9,15H,1H3,(H2,20,26)(H,22,23,24)/t15-/m0/s1. The van der Waals surface area contributed by atoms with E-state index >= 15 is 0 Å². The molecule has 8 heteroatoms. The number of carbonyl (C=O) groups is 1. The van der Waals surface area contributed by atoms with Crippen LogP contribution in [0.2, 0.25) is 5.02 Å². The van der Waals surface area contributed by atoms with Gasteiger partial charge in [0.1, 0.15) is 6.04 Å². The molecular formula is C18H15ClN6O. The molecule has 3 aromatic rings. The van der Waals surface area contributed by atoms with E-state index in [9.17, 15) is 4.79 Å². The number of halogens is 1. The summed E-state index contributed by atoms with van der Waals surface area (Å²) in [5, 5.41) is 8.34. The first-order valence-electron chi connectivity index (χ1n) is 7.94. The number of nitrogens with two attached hydrogens (primary N) is 1. The van der Waals surface area contributed by atoms with Gasteiger partial charge in [-0.25, -0.2) is 4.68 Å². The van der Waals surface area contributed by atoms with Crippen LogP contribution in [0.4, 0.5) is 5.95 Å². The number of aromatic nitrogens is 4. The maximum Gasteiger partial charge on any atom is 0.248 e. The Balaban J connectivity index is 1.88. The molecule has 4 rings (SSSR count). The predicted molar refractivity (Wildman–Crippen MR) is 98.4 cm³/mol. The molecule has 0 saturated carbocycles. The highest BCUT2D eigenvalue weighted by atomic mass is 35.5. The molecule has 0 unspecified atom stereocenters. The lowest BCUT2D eigenvalue weighted by molar-refractivity contribution is -0.115. The van der Waals surface area contributed by atoms with Gasteiger partial charge in [-0.15, -0.1) is 5.10 Å². The number of pyridine rings is 1. The molecule has 3 N–H and O–H groups in total. The van der Waals surface area contributed by atoms with Crippen LogP contribution in [0.1, 0.15) is 18.5 Å². The van der Waals surface area contributed by atoms with Crippen LogP contribution < -0.4 is 11.1 Å². The Morgan fingerprint density at radius 3 is 2.54 bits per heavy atom. The predicted octanol–water partition coefficient (Wildman–Crippen LogP) is 2.77. The van der Waals surface area contributed by atoms with Crippen molar-refractivity contribution >= 4 is 23.5 Å². The minimum atomic E-state index is -0.512. The lowest BCUT2D eigenvalue weighted by atomic mass is 9.95. The van der Waals surface area contributed by atoms with Gasteiger partial charge < -0.3 is 11.1 Å². The van der Waals surface area contributed by atoms with E-state index in [-0.39, 0.29) is 0 Å². The molecule has 1 aliphatic heterocycles. The molecule has 130 valence electrons. The Bertz CT molecular complexity index is 1010. The third-order valence-corrected chi connectivity index (χ3v) is 4.49. The molecule has 0 aliphatic carbocycles. The van der Waals surface area contributed by atoms with E-state index in [1.807, 2.05) is 24.3 Å². The number of anilines is 1. The van der Waals surface area contributed by atoms with Crippen molar-refractivity contribution in [2.24, 2.45) is 5.73 Å². The van der Waals surface area contributed by atoms with Gasteiger partial charge in [0.25, 0.3) is 0 Å². The van der Waals surface area contributed by atoms with Crippen LogP contribution in [0.3, 0.4) is 0 Å². The van der Waals surface area contributed by atoms with Gasteiger partial charge in [0.2, 0.25) is 11.9 Å². The fourth-order valence-electron chi connectivity index (χ4n) is 3.05. The van der Waals surface area contributed by atoms with Gasteiger partial charge in [-0.1, -0.05) is 23.7 Å². The van der Waals surface area contributed by atoms with Crippen molar-refractivity contribution in [2.45, 2.75) is 13.0 Å². The lowest BCUT2D eigenvalue weighted by Crippen LogP contribution is -2.31. The van der Waals surface area contributed by atoms with Crippen LogP contribution in [0, 0.1) is 0 Å². The van der Waals surface area contributed by atoms with Gasteiger partial charge in [0.05, 0.1) is 5.57 Å². The Morgan fingerprint density at radius 2 is 1.88 bits per heavy atom. The number of nitrogens with zero attached hydrogens (tertiary/aromatic N) is 4. The number of hydrogen-bond acceptors (Lipinski definition) is 5. The Kier molecular flexibility index (Phi) is 3.93. The van der Waals surface area contributed by atoms with Crippen molar-refractivity contribution in [1.29, 1.82) is 0 Å². The van der Waals surface area contributed by atoms with E-state index in [1.54, 1.807) is 36.1 Å². The van der Waals surface area contributed by atoms with Crippen LogP contribution in [0.25, 0.3) is 11.4 Å². The fraction of sp³-hybridized carbons (Fsp3) is 0.111. The molecule has 0 saturated heterocycles. The normalized spacial score (nSPS) is 16.2. The van der Waals surface area contributed by atoms with E-state index in [0.29, 0.717) is 28.1 Å². The van der Waals surface area contributed by atoms with Crippen LogP contribution in [0.5, 0.6) is 0 Å². The summed E-state index contributed by atoms with van der Waals surface area (Å²) in [6, 6.07) is 10.4. The first-order chi connectivity index (χ1) is 12.5. The zero-order valence-electron chi connectivity index (χ0n) is 13.8. The molecule has 3 heterocycles. The van der Waals surface area contributed by atoms with E-state index in [1.165, 1.54) is 0 Å². The van der Waals surface area contributed by atoms with Crippen molar-refractivity contribution < 1.29 is 4.79 Å². The Labute approximate surface area is 154 Å². The third-order valence-electron chi connectivity index (χ3n) is 4.24. The van der Waals surface area contributed by atoms with Crippen molar-refractivity contribution in [3.05, 3.63) is 70.6 Å². The third kappa shape index (κ3) is 2.72. The summed E-state index contributed by atoms with van der Waals surface area (Å²) in [7, 11) is 0. The number of nitrogens with one attached hydrogen (secondary N) is 1. The highest BCUT2D eigenvalue weighted by Gasteiger charge is 2.33. The number of amides is 1. The molecule has 1 atom stereocenters. The van der Waals surface area contributed by atoms with E-state index < -0.39 is 11.9 Å². The van der Waals surface area contributed by atoms with Crippen LogP contribution in [0.15, 0.2) is 60.1 Å². The maximum atomic E-state index is 12.1. The van der Waals surface area contributed by atoms with Gasteiger partial charge in [-0.2, -0.15) is 4.98 Å². The number of rotatable bonds is 3. The first kappa shape index (κ1) is 16.3. The summed E-state index contributed by atoms with van der Waals surface area (Å²) in [5.74, 6) is 0.563. The van der Waals surface area contributed by atoms with Crippen molar-refractivity contribution in [3.8, 4) is 11.4 Å². The maximum absolute atomic E-state index is 12.1. The van der Waals surface area contributed by atoms with Gasteiger partial charge in [0, 0.05) is 28.7 Å². The highest BCUT2D eigenvalue weighted by Crippen LogP contribution is 2.36. The minimum absolute atomic E-state index is 0.436. The molecule has 2 aromatic heterocycles. The molecule has 0 bridgehead atoms. The topological polar surface area (TPSA) is 98.7 Å².